The second kappa shape index (κ2) is 4.91. The highest BCUT2D eigenvalue weighted by atomic mass is 16.7. The first kappa shape index (κ1) is 13.8. The van der Waals surface area contributed by atoms with Crippen molar-refractivity contribution < 1.29 is 19.5 Å². The van der Waals surface area contributed by atoms with E-state index in [4.69, 9.17) is 9.94 Å². The average molecular weight is 244 g/mol. The van der Waals surface area contributed by atoms with Crippen LogP contribution in [0.4, 0.5) is 4.79 Å². The van der Waals surface area contributed by atoms with Crippen LogP contribution in [0.3, 0.4) is 0 Å². The largest absolute Gasteiger partial charge is 0.465 e. The van der Waals surface area contributed by atoms with Crippen LogP contribution in [0.2, 0.25) is 0 Å². The number of amides is 2. The van der Waals surface area contributed by atoms with Crippen LogP contribution in [0.15, 0.2) is 0 Å². The van der Waals surface area contributed by atoms with Gasteiger partial charge in [0.15, 0.2) is 0 Å². The van der Waals surface area contributed by atoms with E-state index in [1.165, 1.54) is 17.1 Å². The molecule has 1 fully saturated rings. The highest BCUT2D eigenvalue weighted by Crippen LogP contribution is 2.32. The summed E-state index contributed by atoms with van der Waals surface area (Å²) in [7, 11) is 3.01. The van der Waals surface area contributed by atoms with Crippen LogP contribution in [-0.2, 0) is 9.63 Å². The van der Waals surface area contributed by atoms with Crippen LogP contribution in [0.5, 0.6) is 0 Å². The van der Waals surface area contributed by atoms with Gasteiger partial charge in [-0.3, -0.25) is 9.63 Å². The van der Waals surface area contributed by atoms with E-state index in [9.17, 15) is 9.59 Å². The summed E-state index contributed by atoms with van der Waals surface area (Å²) in [6.07, 6.45) is 0.134. The molecule has 6 nitrogen and oxygen atoms in total. The number of carboxylic acid groups (broad SMARTS) is 1. The summed E-state index contributed by atoms with van der Waals surface area (Å²) in [4.78, 5) is 29.2. The quantitative estimate of drug-likeness (QED) is 0.740. The Morgan fingerprint density at radius 2 is 2.06 bits per heavy atom. The van der Waals surface area contributed by atoms with Gasteiger partial charge in [0.1, 0.15) is 0 Å². The van der Waals surface area contributed by atoms with Crippen molar-refractivity contribution >= 4 is 12.0 Å². The van der Waals surface area contributed by atoms with Gasteiger partial charge >= 0.3 is 6.09 Å². The zero-order chi connectivity index (χ0) is 13.2. The summed E-state index contributed by atoms with van der Waals surface area (Å²) in [5.41, 5.74) is -0.515. The zero-order valence-electron chi connectivity index (χ0n) is 10.8. The Kier molecular flexibility index (Phi) is 3.98. The Morgan fingerprint density at radius 1 is 1.47 bits per heavy atom. The number of rotatable bonds is 2. The third-order valence-electron chi connectivity index (χ3n) is 3.34. The van der Waals surface area contributed by atoms with E-state index in [0.29, 0.717) is 19.4 Å². The van der Waals surface area contributed by atoms with E-state index in [2.05, 4.69) is 0 Å². The maximum absolute atomic E-state index is 11.9. The molecule has 1 aliphatic rings. The molecule has 17 heavy (non-hydrogen) atoms. The molecular formula is C11H20N2O4. The fraction of sp³-hybridized carbons (Fsp3) is 0.818. The number of hydrogen-bond donors (Lipinski definition) is 1. The van der Waals surface area contributed by atoms with Crippen LogP contribution in [0, 0.1) is 5.92 Å². The van der Waals surface area contributed by atoms with Crippen LogP contribution in [-0.4, -0.2) is 53.3 Å². The first-order chi connectivity index (χ1) is 7.79. The van der Waals surface area contributed by atoms with Gasteiger partial charge in [0.05, 0.1) is 7.11 Å². The Hall–Kier alpha value is -1.30. The van der Waals surface area contributed by atoms with Crippen molar-refractivity contribution in [1.29, 1.82) is 0 Å². The molecule has 6 heteroatoms. The van der Waals surface area contributed by atoms with E-state index < -0.39 is 11.6 Å². The van der Waals surface area contributed by atoms with Gasteiger partial charge in [0.25, 0.3) is 0 Å². The summed E-state index contributed by atoms with van der Waals surface area (Å²) in [5.74, 6) is -0.267. The lowest BCUT2D eigenvalue weighted by molar-refractivity contribution is -0.176. The van der Waals surface area contributed by atoms with Crippen molar-refractivity contribution in [2.24, 2.45) is 5.92 Å². The molecule has 1 N–H and O–H groups in total. The molecule has 0 saturated carbocycles. The molecule has 1 aliphatic heterocycles. The minimum atomic E-state index is -0.930. The fourth-order valence-electron chi connectivity index (χ4n) is 2.32. The van der Waals surface area contributed by atoms with Gasteiger partial charge in [-0.25, -0.2) is 9.86 Å². The van der Waals surface area contributed by atoms with E-state index in [1.807, 2.05) is 13.8 Å². The molecule has 2 amide bonds. The van der Waals surface area contributed by atoms with Gasteiger partial charge in [0, 0.05) is 25.0 Å². The monoisotopic (exact) mass is 244 g/mol. The zero-order valence-corrected chi connectivity index (χ0v) is 10.8. The molecule has 1 heterocycles. The highest BCUT2D eigenvalue weighted by Gasteiger charge is 2.40. The van der Waals surface area contributed by atoms with Crippen molar-refractivity contribution in [1.82, 2.24) is 9.96 Å². The summed E-state index contributed by atoms with van der Waals surface area (Å²) >= 11 is 0. The van der Waals surface area contributed by atoms with E-state index >= 15 is 0 Å². The van der Waals surface area contributed by atoms with Gasteiger partial charge in [0.2, 0.25) is 5.91 Å². The maximum atomic E-state index is 11.9. The standard InChI is InChI=1S/C11H20N2O4/c1-11(2)7-8(9(14)12(3)17-4)5-6-13(11)10(15)16/h8H,5-7H2,1-4H3,(H,15,16). The molecule has 98 valence electrons. The summed E-state index contributed by atoms with van der Waals surface area (Å²) in [6.45, 7) is 4.07. The predicted octanol–water partition coefficient (Wildman–Crippen LogP) is 1.17. The minimum absolute atomic E-state index is 0.0920. The lowest BCUT2D eigenvalue weighted by Crippen LogP contribution is -2.54. The lowest BCUT2D eigenvalue weighted by Gasteiger charge is -2.43. The lowest BCUT2D eigenvalue weighted by atomic mass is 9.82. The molecule has 0 aromatic rings. The summed E-state index contributed by atoms with van der Waals surface area (Å²) < 4.78 is 0. The Labute approximate surface area is 101 Å². The Morgan fingerprint density at radius 3 is 2.47 bits per heavy atom. The molecular weight excluding hydrogens is 224 g/mol. The Bertz CT molecular complexity index is 317. The molecule has 0 aliphatic carbocycles. The SMILES string of the molecule is CON(C)C(=O)C1CCN(C(=O)O)C(C)(C)C1. The molecule has 0 aromatic carbocycles. The smallest absolute Gasteiger partial charge is 0.407 e. The van der Waals surface area contributed by atoms with E-state index in [0.717, 1.165) is 0 Å². The minimum Gasteiger partial charge on any atom is -0.465 e. The molecule has 1 atom stereocenters. The summed E-state index contributed by atoms with van der Waals surface area (Å²) in [6, 6.07) is 0. The van der Waals surface area contributed by atoms with Crippen molar-refractivity contribution in [3.05, 3.63) is 0 Å². The van der Waals surface area contributed by atoms with E-state index in [1.54, 1.807) is 7.05 Å². The van der Waals surface area contributed by atoms with Crippen LogP contribution in [0.1, 0.15) is 26.7 Å². The molecule has 1 rings (SSSR count). The Balaban J connectivity index is 2.73. The number of carbonyl (C=O) groups is 2. The van der Waals surface area contributed by atoms with Gasteiger partial charge in [-0.15, -0.1) is 0 Å². The molecule has 1 saturated heterocycles. The maximum Gasteiger partial charge on any atom is 0.407 e. The number of likely N-dealkylation sites (tertiary alicyclic amines) is 1. The fourth-order valence-corrected chi connectivity index (χ4v) is 2.32. The topological polar surface area (TPSA) is 70.1 Å². The third-order valence-corrected chi connectivity index (χ3v) is 3.34. The first-order valence-electron chi connectivity index (χ1n) is 5.62. The molecule has 1 unspecified atom stereocenters. The number of hydrogen-bond acceptors (Lipinski definition) is 3. The van der Waals surface area contributed by atoms with Gasteiger partial charge in [-0.05, 0) is 26.7 Å². The molecule has 0 radical (unpaired) electrons. The van der Waals surface area contributed by atoms with Crippen molar-refractivity contribution in [3.8, 4) is 0 Å². The highest BCUT2D eigenvalue weighted by molar-refractivity contribution is 5.78. The van der Waals surface area contributed by atoms with Gasteiger partial charge < -0.3 is 10.0 Å². The predicted molar refractivity (Wildman–Crippen MR) is 61.3 cm³/mol. The number of carbonyl (C=O) groups excluding carboxylic acids is 1. The number of piperidine rings is 1. The third kappa shape index (κ3) is 2.88. The second-order valence-electron chi connectivity index (χ2n) is 4.95. The molecule has 0 aromatic heterocycles. The van der Waals surface area contributed by atoms with Crippen LogP contribution < -0.4 is 0 Å². The van der Waals surface area contributed by atoms with Crippen molar-refractivity contribution in [3.63, 3.8) is 0 Å². The second-order valence-corrected chi connectivity index (χ2v) is 4.95. The van der Waals surface area contributed by atoms with Gasteiger partial charge in [-0.2, -0.15) is 0 Å². The normalized spacial score (nSPS) is 23.3. The van der Waals surface area contributed by atoms with Crippen LogP contribution in [0.25, 0.3) is 0 Å². The van der Waals surface area contributed by atoms with E-state index in [-0.39, 0.29) is 11.8 Å². The van der Waals surface area contributed by atoms with Crippen molar-refractivity contribution in [2.45, 2.75) is 32.2 Å². The number of hydroxylamine groups is 2. The van der Waals surface area contributed by atoms with Gasteiger partial charge in [-0.1, -0.05) is 0 Å². The van der Waals surface area contributed by atoms with Crippen LogP contribution >= 0.6 is 0 Å². The van der Waals surface area contributed by atoms with Crippen molar-refractivity contribution in [2.75, 3.05) is 20.7 Å². The number of nitrogens with zero attached hydrogens (tertiary/aromatic N) is 2. The molecule has 0 bridgehead atoms. The first-order valence-corrected chi connectivity index (χ1v) is 5.62. The summed E-state index contributed by atoms with van der Waals surface area (Å²) in [5, 5.41) is 10.3. The molecule has 0 spiro atoms. The average Bonchev–Trinajstić information content (AvgIpc) is 2.24.